The Balaban J connectivity index is 1.54. The van der Waals surface area contributed by atoms with Gasteiger partial charge in [0.2, 0.25) is 5.91 Å². The number of rotatable bonds is 5. The minimum atomic E-state index is -0.375. The predicted molar refractivity (Wildman–Crippen MR) is 136 cm³/mol. The molecule has 31 heavy (non-hydrogen) atoms. The second kappa shape index (κ2) is 11.2. The molecule has 0 radical (unpaired) electrons. The van der Waals surface area contributed by atoms with E-state index in [0.717, 1.165) is 38.4 Å². The molecule has 0 unspecified atom stereocenters. The first-order valence-corrected chi connectivity index (χ1v) is 11.4. The SMILES string of the molecule is CCN1CCN(c2ccc(NC(=S)NC(=O)/C=C/c3ccc(Cl)cc3Cl)cc2Cl)CC1. The summed E-state index contributed by atoms with van der Waals surface area (Å²) in [4.78, 5) is 16.8. The van der Waals surface area contributed by atoms with Gasteiger partial charge in [0.1, 0.15) is 0 Å². The number of likely N-dealkylation sites (N-methyl/N-ethyl adjacent to an activating group) is 1. The second-order valence-electron chi connectivity index (χ2n) is 7.03. The predicted octanol–water partition coefficient (Wildman–Crippen LogP) is 5.32. The van der Waals surface area contributed by atoms with E-state index in [4.69, 9.17) is 47.0 Å². The molecule has 1 aliphatic rings. The minimum Gasteiger partial charge on any atom is -0.368 e. The Morgan fingerprint density at radius 1 is 1.06 bits per heavy atom. The third-order valence-corrected chi connectivity index (χ3v) is 6.05. The topological polar surface area (TPSA) is 47.6 Å². The van der Waals surface area contributed by atoms with Crippen molar-refractivity contribution < 1.29 is 4.79 Å². The monoisotopic (exact) mass is 496 g/mol. The lowest BCUT2D eigenvalue weighted by Gasteiger charge is -2.36. The Bertz CT molecular complexity index is 991. The highest BCUT2D eigenvalue weighted by atomic mass is 35.5. The standard InChI is InChI=1S/C22H23Cl3N4OS/c1-2-28-9-11-29(12-10-28)20-7-6-17(14-19(20)25)26-22(31)27-21(30)8-4-15-3-5-16(23)13-18(15)24/h3-8,13-14H,2,9-12H2,1H3,(H2,26,27,30,31)/b8-4+. The van der Waals surface area contributed by atoms with Crippen LogP contribution in [0.25, 0.3) is 6.08 Å². The second-order valence-corrected chi connectivity index (χ2v) is 8.69. The number of hydrogen-bond donors (Lipinski definition) is 2. The molecule has 0 saturated carbocycles. The fourth-order valence-electron chi connectivity index (χ4n) is 3.26. The van der Waals surface area contributed by atoms with Crippen LogP contribution in [-0.4, -0.2) is 48.6 Å². The van der Waals surface area contributed by atoms with E-state index >= 15 is 0 Å². The van der Waals surface area contributed by atoms with Crippen LogP contribution in [0.5, 0.6) is 0 Å². The summed E-state index contributed by atoms with van der Waals surface area (Å²) in [5, 5.41) is 7.40. The highest BCUT2D eigenvalue weighted by molar-refractivity contribution is 7.80. The lowest BCUT2D eigenvalue weighted by atomic mass is 10.2. The first kappa shape index (κ1) is 23.8. The fourth-order valence-corrected chi connectivity index (χ4v) is 4.25. The zero-order valence-electron chi connectivity index (χ0n) is 17.0. The van der Waals surface area contributed by atoms with Crippen LogP contribution in [0.4, 0.5) is 11.4 Å². The number of carbonyl (C=O) groups excluding carboxylic acids is 1. The highest BCUT2D eigenvalue weighted by Gasteiger charge is 2.18. The lowest BCUT2D eigenvalue weighted by molar-refractivity contribution is -0.115. The highest BCUT2D eigenvalue weighted by Crippen LogP contribution is 2.29. The van der Waals surface area contributed by atoms with Crippen molar-refractivity contribution in [3.63, 3.8) is 0 Å². The quantitative estimate of drug-likeness (QED) is 0.433. The third-order valence-electron chi connectivity index (χ3n) is 4.98. The van der Waals surface area contributed by atoms with Crippen molar-refractivity contribution in [3.05, 3.63) is 63.1 Å². The van der Waals surface area contributed by atoms with Gasteiger partial charge in [0.25, 0.3) is 0 Å². The van der Waals surface area contributed by atoms with Gasteiger partial charge in [-0.05, 0) is 60.7 Å². The first-order chi connectivity index (χ1) is 14.9. The molecule has 1 amide bonds. The maximum absolute atomic E-state index is 12.1. The molecule has 2 N–H and O–H groups in total. The molecule has 2 aromatic carbocycles. The van der Waals surface area contributed by atoms with Crippen LogP contribution >= 0.6 is 47.0 Å². The van der Waals surface area contributed by atoms with Crippen LogP contribution in [0.15, 0.2) is 42.5 Å². The molecule has 0 aromatic heterocycles. The number of hydrogen-bond acceptors (Lipinski definition) is 4. The molecule has 1 heterocycles. The number of halogens is 3. The number of piperazine rings is 1. The first-order valence-electron chi connectivity index (χ1n) is 9.87. The molecular formula is C22H23Cl3N4OS. The summed E-state index contributed by atoms with van der Waals surface area (Å²) in [6.45, 7) is 7.18. The molecule has 3 rings (SSSR count). The van der Waals surface area contributed by atoms with E-state index in [1.165, 1.54) is 6.08 Å². The fraction of sp³-hybridized carbons (Fsp3) is 0.273. The van der Waals surface area contributed by atoms with Crippen molar-refractivity contribution in [2.75, 3.05) is 42.9 Å². The minimum absolute atomic E-state index is 0.178. The van der Waals surface area contributed by atoms with Gasteiger partial charge < -0.3 is 15.1 Å². The van der Waals surface area contributed by atoms with E-state index in [1.54, 1.807) is 24.3 Å². The maximum Gasteiger partial charge on any atom is 0.250 e. The molecular weight excluding hydrogens is 475 g/mol. The summed E-state index contributed by atoms with van der Waals surface area (Å²) in [6, 6.07) is 10.7. The van der Waals surface area contributed by atoms with Crippen LogP contribution < -0.4 is 15.5 Å². The van der Waals surface area contributed by atoms with Crippen molar-refractivity contribution in [2.24, 2.45) is 0 Å². The number of thiocarbonyl (C=S) groups is 1. The summed E-state index contributed by atoms with van der Waals surface area (Å²) in [7, 11) is 0. The van der Waals surface area contributed by atoms with E-state index in [0.29, 0.717) is 26.3 Å². The molecule has 0 atom stereocenters. The molecule has 1 aliphatic heterocycles. The van der Waals surface area contributed by atoms with Crippen LogP contribution in [0, 0.1) is 0 Å². The average molecular weight is 498 g/mol. The summed E-state index contributed by atoms with van der Waals surface area (Å²) in [5.41, 5.74) is 2.39. The number of anilines is 2. The van der Waals surface area contributed by atoms with Crippen LogP contribution in [0.1, 0.15) is 12.5 Å². The Labute approximate surface area is 202 Å². The van der Waals surface area contributed by atoms with Crippen molar-refractivity contribution in [1.29, 1.82) is 0 Å². The molecule has 0 spiro atoms. The normalized spacial score (nSPS) is 14.6. The van der Waals surface area contributed by atoms with Gasteiger partial charge in [-0.1, -0.05) is 47.8 Å². The van der Waals surface area contributed by atoms with E-state index < -0.39 is 0 Å². The number of nitrogens with zero attached hydrogens (tertiary/aromatic N) is 2. The largest absolute Gasteiger partial charge is 0.368 e. The van der Waals surface area contributed by atoms with Crippen molar-refractivity contribution >= 4 is 75.5 Å². The Morgan fingerprint density at radius 2 is 1.81 bits per heavy atom. The summed E-state index contributed by atoms with van der Waals surface area (Å²) in [6.07, 6.45) is 2.95. The van der Waals surface area contributed by atoms with Gasteiger partial charge in [0.05, 0.1) is 10.7 Å². The van der Waals surface area contributed by atoms with Gasteiger partial charge in [0.15, 0.2) is 5.11 Å². The zero-order valence-corrected chi connectivity index (χ0v) is 20.1. The van der Waals surface area contributed by atoms with Crippen molar-refractivity contribution in [1.82, 2.24) is 10.2 Å². The molecule has 9 heteroatoms. The van der Waals surface area contributed by atoms with Crippen LogP contribution in [0.3, 0.4) is 0 Å². The molecule has 0 bridgehead atoms. The maximum atomic E-state index is 12.1. The third kappa shape index (κ3) is 6.82. The van der Waals surface area contributed by atoms with E-state index in [9.17, 15) is 4.79 Å². The van der Waals surface area contributed by atoms with Gasteiger partial charge in [-0.15, -0.1) is 0 Å². The van der Waals surface area contributed by atoms with Crippen molar-refractivity contribution in [3.8, 4) is 0 Å². The zero-order chi connectivity index (χ0) is 22.4. The number of nitrogens with one attached hydrogen (secondary N) is 2. The Hall–Kier alpha value is -1.83. The van der Waals surface area contributed by atoms with Crippen LogP contribution in [0.2, 0.25) is 15.1 Å². The molecule has 0 aliphatic carbocycles. The molecule has 1 saturated heterocycles. The lowest BCUT2D eigenvalue weighted by Crippen LogP contribution is -2.46. The Kier molecular flexibility index (Phi) is 8.58. The molecule has 1 fully saturated rings. The van der Waals surface area contributed by atoms with Gasteiger partial charge in [0, 0.05) is 48.0 Å². The van der Waals surface area contributed by atoms with E-state index in [1.807, 2.05) is 18.2 Å². The summed E-state index contributed by atoms with van der Waals surface area (Å²) in [5.74, 6) is -0.375. The molecule has 2 aromatic rings. The van der Waals surface area contributed by atoms with E-state index in [2.05, 4.69) is 27.4 Å². The number of amides is 1. The van der Waals surface area contributed by atoms with Crippen molar-refractivity contribution in [2.45, 2.75) is 6.92 Å². The van der Waals surface area contributed by atoms with Gasteiger partial charge in [-0.3, -0.25) is 10.1 Å². The molecule has 164 valence electrons. The Morgan fingerprint density at radius 3 is 2.45 bits per heavy atom. The molecule has 5 nitrogen and oxygen atoms in total. The number of benzene rings is 2. The van der Waals surface area contributed by atoms with Gasteiger partial charge in [-0.25, -0.2) is 0 Å². The summed E-state index contributed by atoms with van der Waals surface area (Å²) < 4.78 is 0. The summed E-state index contributed by atoms with van der Waals surface area (Å²) >= 11 is 23.7. The van der Waals surface area contributed by atoms with E-state index in [-0.39, 0.29) is 11.0 Å². The van der Waals surface area contributed by atoms with Gasteiger partial charge in [-0.2, -0.15) is 0 Å². The van der Waals surface area contributed by atoms with Gasteiger partial charge >= 0.3 is 0 Å². The van der Waals surface area contributed by atoms with Crippen LogP contribution in [-0.2, 0) is 4.79 Å². The smallest absolute Gasteiger partial charge is 0.250 e. The number of carbonyl (C=O) groups is 1. The average Bonchev–Trinajstić information content (AvgIpc) is 2.73.